The van der Waals surface area contributed by atoms with Gasteiger partial charge in [-0.25, -0.2) is 5.48 Å². The van der Waals surface area contributed by atoms with Crippen molar-refractivity contribution in [1.82, 2.24) is 5.48 Å². The van der Waals surface area contributed by atoms with Crippen LogP contribution in [0, 0.1) is 0 Å². The lowest BCUT2D eigenvalue weighted by Crippen LogP contribution is -2.24. The summed E-state index contributed by atoms with van der Waals surface area (Å²) in [5.41, 5.74) is 3.09. The first-order valence-corrected chi connectivity index (χ1v) is 6.81. The number of hydroxylamine groups is 1. The quantitative estimate of drug-likeness (QED) is 0.535. The Morgan fingerprint density at radius 1 is 1.06 bits per heavy atom. The smallest absolute Gasteiger partial charge is 0.273 e. The number of hydrogen-bond acceptors (Lipinski definition) is 2. The van der Waals surface area contributed by atoms with Crippen LogP contribution in [0.25, 0.3) is 0 Å². The maximum absolute atomic E-state index is 11.6. The summed E-state index contributed by atoms with van der Waals surface area (Å²) in [5.74, 6) is -0.179. The average Bonchev–Trinajstić information content (AvgIpc) is 2.42. The highest BCUT2D eigenvalue weighted by atomic mass is 16.6. The fraction of sp³-hybridized carbons (Fsp3) is 0.533. The topological polar surface area (TPSA) is 38.3 Å². The van der Waals surface area contributed by atoms with Gasteiger partial charge >= 0.3 is 0 Å². The van der Waals surface area contributed by atoms with E-state index in [9.17, 15) is 4.79 Å². The normalized spacial score (nSPS) is 10.3. The zero-order valence-electron chi connectivity index (χ0n) is 11.2. The molecule has 100 valence electrons. The van der Waals surface area contributed by atoms with E-state index in [1.165, 1.54) is 32.1 Å². The van der Waals surface area contributed by atoms with E-state index in [0.29, 0.717) is 12.2 Å². The van der Waals surface area contributed by atoms with Crippen molar-refractivity contribution in [3.05, 3.63) is 35.9 Å². The molecule has 0 fully saturated rings. The van der Waals surface area contributed by atoms with Gasteiger partial charge in [0.2, 0.25) is 0 Å². The number of amides is 1. The van der Waals surface area contributed by atoms with Gasteiger partial charge in [0.05, 0.1) is 6.61 Å². The molecule has 1 aromatic rings. The van der Waals surface area contributed by atoms with Crippen molar-refractivity contribution < 1.29 is 9.63 Å². The number of benzene rings is 1. The zero-order valence-corrected chi connectivity index (χ0v) is 11.2. The molecular formula is C15H23NO2. The van der Waals surface area contributed by atoms with Crippen molar-refractivity contribution in [3.63, 3.8) is 0 Å². The Balaban J connectivity index is 2.00. The minimum Gasteiger partial charge on any atom is -0.273 e. The maximum atomic E-state index is 11.6. The van der Waals surface area contributed by atoms with E-state index in [4.69, 9.17) is 4.84 Å². The van der Waals surface area contributed by atoms with Crippen LogP contribution in [0.15, 0.2) is 30.3 Å². The van der Waals surface area contributed by atoms with Crippen molar-refractivity contribution in [2.45, 2.75) is 45.4 Å². The minimum absolute atomic E-state index is 0.179. The molecule has 0 bridgehead atoms. The van der Waals surface area contributed by atoms with E-state index in [-0.39, 0.29) is 5.91 Å². The molecule has 18 heavy (non-hydrogen) atoms. The molecule has 1 aromatic carbocycles. The molecule has 3 nitrogen and oxygen atoms in total. The van der Waals surface area contributed by atoms with Crippen LogP contribution in [0.5, 0.6) is 0 Å². The van der Waals surface area contributed by atoms with Crippen molar-refractivity contribution in [2.24, 2.45) is 0 Å². The lowest BCUT2D eigenvalue weighted by Gasteiger charge is -2.05. The van der Waals surface area contributed by atoms with Crippen molar-refractivity contribution in [2.75, 3.05) is 6.61 Å². The Labute approximate surface area is 109 Å². The molecule has 3 heteroatoms. The Morgan fingerprint density at radius 3 is 2.44 bits per heavy atom. The Kier molecular flexibility index (Phi) is 7.89. The molecule has 0 unspecified atom stereocenters. The molecule has 0 radical (unpaired) electrons. The van der Waals surface area contributed by atoms with E-state index in [2.05, 4.69) is 12.4 Å². The number of carbonyl (C=O) groups is 1. The number of carbonyl (C=O) groups excluding carboxylic acids is 1. The largest absolute Gasteiger partial charge is 0.274 e. The van der Waals surface area contributed by atoms with Crippen LogP contribution in [-0.4, -0.2) is 12.5 Å². The van der Waals surface area contributed by atoms with Gasteiger partial charge in [-0.3, -0.25) is 9.63 Å². The molecule has 0 aromatic heterocycles. The van der Waals surface area contributed by atoms with Gasteiger partial charge in [0.25, 0.3) is 5.91 Å². The van der Waals surface area contributed by atoms with Gasteiger partial charge in [0, 0.05) is 5.56 Å². The van der Waals surface area contributed by atoms with Crippen LogP contribution in [0.2, 0.25) is 0 Å². The summed E-state index contributed by atoms with van der Waals surface area (Å²) in [7, 11) is 0. The molecule has 0 saturated heterocycles. The lowest BCUT2D eigenvalue weighted by atomic mass is 10.1. The number of hydrogen-bond donors (Lipinski definition) is 1. The summed E-state index contributed by atoms with van der Waals surface area (Å²) in [6.07, 6.45) is 7.30. The second-order valence-corrected chi connectivity index (χ2v) is 4.41. The second-order valence-electron chi connectivity index (χ2n) is 4.41. The molecule has 0 spiro atoms. The minimum atomic E-state index is -0.179. The molecule has 0 aliphatic heterocycles. The van der Waals surface area contributed by atoms with Crippen LogP contribution in [0.4, 0.5) is 0 Å². The second kappa shape index (κ2) is 9.66. The third kappa shape index (κ3) is 6.40. The van der Waals surface area contributed by atoms with Crippen molar-refractivity contribution >= 4 is 5.91 Å². The van der Waals surface area contributed by atoms with E-state index in [1.807, 2.05) is 18.2 Å². The monoisotopic (exact) mass is 249 g/mol. The van der Waals surface area contributed by atoms with Crippen molar-refractivity contribution in [3.8, 4) is 0 Å². The molecule has 1 N–H and O–H groups in total. The first-order chi connectivity index (χ1) is 8.84. The molecule has 0 heterocycles. The van der Waals surface area contributed by atoms with Gasteiger partial charge in [-0.15, -0.1) is 0 Å². The summed E-state index contributed by atoms with van der Waals surface area (Å²) < 4.78 is 0. The average molecular weight is 249 g/mol. The first-order valence-electron chi connectivity index (χ1n) is 6.81. The summed E-state index contributed by atoms with van der Waals surface area (Å²) in [5, 5.41) is 0. The highest BCUT2D eigenvalue weighted by molar-refractivity contribution is 5.93. The van der Waals surface area contributed by atoms with Gasteiger partial charge in [0.1, 0.15) is 0 Å². The molecule has 0 atom stereocenters. The molecule has 1 rings (SSSR count). The molecular weight excluding hydrogens is 226 g/mol. The number of rotatable bonds is 9. The van der Waals surface area contributed by atoms with Gasteiger partial charge in [-0.05, 0) is 18.6 Å². The maximum Gasteiger partial charge on any atom is 0.274 e. The van der Waals surface area contributed by atoms with Crippen LogP contribution in [0.3, 0.4) is 0 Å². The van der Waals surface area contributed by atoms with Crippen LogP contribution in [-0.2, 0) is 4.84 Å². The Hall–Kier alpha value is -1.35. The van der Waals surface area contributed by atoms with E-state index in [1.54, 1.807) is 12.1 Å². The van der Waals surface area contributed by atoms with Gasteiger partial charge < -0.3 is 0 Å². The van der Waals surface area contributed by atoms with Gasteiger partial charge in [-0.2, -0.15) is 0 Å². The van der Waals surface area contributed by atoms with E-state index >= 15 is 0 Å². The van der Waals surface area contributed by atoms with Crippen LogP contribution < -0.4 is 5.48 Å². The molecule has 0 aliphatic carbocycles. The van der Waals surface area contributed by atoms with Crippen LogP contribution >= 0.6 is 0 Å². The molecule has 1 amide bonds. The zero-order chi connectivity index (χ0) is 13.1. The van der Waals surface area contributed by atoms with Crippen LogP contribution in [0.1, 0.15) is 55.8 Å². The van der Waals surface area contributed by atoms with Crippen molar-refractivity contribution in [1.29, 1.82) is 0 Å². The standard InChI is InChI=1S/C15H23NO2/c1-2-3-4-5-6-10-13-18-16-15(17)14-11-8-7-9-12-14/h7-9,11-12H,2-6,10,13H2,1H3,(H,16,17). The fourth-order valence-electron chi connectivity index (χ4n) is 1.72. The lowest BCUT2D eigenvalue weighted by molar-refractivity contribution is 0.0297. The summed E-state index contributed by atoms with van der Waals surface area (Å²) in [6, 6.07) is 9.09. The number of nitrogens with one attached hydrogen (secondary N) is 1. The third-order valence-electron chi connectivity index (χ3n) is 2.80. The third-order valence-corrected chi connectivity index (χ3v) is 2.80. The number of unbranched alkanes of at least 4 members (excludes halogenated alkanes) is 5. The fourth-order valence-corrected chi connectivity index (χ4v) is 1.72. The molecule has 0 aliphatic rings. The molecule has 0 saturated carbocycles. The first kappa shape index (κ1) is 14.7. The summed E-state index contributed by atoms with van der Waals surface area (Å²) in [4.78, 5) is 16.7. The summed E-state index contributed by atoms with van der Waals surface area (Å²) in [6.45, 7) is 2.80. The van der Waals surface area contributed by atoms with E-state index < -0.39 is 0 Å². The highest BCUT2D eigenvalue weighted by Crippen LogP contribution is 2.04. The summed E-state index contributed by atoms with van der Waals surface area (Å²) >= 11 is 0. The Bertz CT molecular complexity index is 325. The van der Waals surface area contributed by atoms with Gasteiger partial charge in [-0.1, -0.05) is 57.2 Å². The predicted octanol–water partition coefficient (Wildman–Crippen LogP) is 3.71. The van der Waals surface area contributed by atoms with Gasteiger partial charge in [0.15, 0.2) is 0 Å². The highest BCUT2D eigenvalue weighted by Gasteiger charge is 2.02. The van der Waals surface area contributed by atoms with E-state index in [0.717, 1.165) is 6.42 Å². The SMILES string of the molecule is CCCCCCCCONC(=O)c1ccccc1. The Morgan fingerprint density at radius 2 is 1.72 bits per heavy atom. The predicted molar refractivity (Wildman–Crippen MR) is 73.2 cm³/mol.